The van der Waals surface area contributed by atoms with Crippen LogP contribution in [-0.2, 0) is 26.2 Å². The fourth-order valence-corrected chi connectivity index (χ4v) is 3.95. The molecular weight excluding hydrogens is 394 g/mol. The predicted octanol–water partition coefficient (Wildman–Crippen LogP) is 5.53. The molecule has 4 rings (SSSR count). The molecule has 0 bridgehead atoms. The van der Waals surface area contributed by atoms with Gasteiger partial charge in [0, 0.05) is 37.9 Å². The van der Waals surface area contributed by atoms with E-state index in [1.165, 1.54) is 11.3 Å². The molecule has 0 aliphatic carbocycles. The van der Waals surface area contributed by atoms with Crippen molar-refractivity contribution in [3.05, 3.63) is 102 Å². The summed E-state index contributed by atoms with van der Waals surface area (Å²) in [7, 11) is 0. The van der Waals surface area contributed by atoms with E-state index in [9.17, 15) is 0 Å². The van der Waals surface area contributed by atoms with E-state index in [0.717, 1.165) is 56.0 Å². The number of nitrogen functional groups attached to an aromatic ring is 1. The highest BCUT2D eigenvalue weighted by molar-refractivity contribution is 5.55. The first-order chi connectivity index (χ1) is 15.7. The monoisotopic (exact) mass is 425 g/mol. The van der Waals surface area contributed by atoms with E-state index >= 15 is 0 Å². The van der Waals surface area contributed by atoms with Gasteiger partial charge in [-0.3, -0.25) is 4.90 Å². The number of imidazole rings is 1. The van der Waals surface area contributed by atoms with E-state index in [2.05, 4.69) is 82.0 Å². The van der Waals surface area contributed by atoms with Crippen molar-refractivity contribution < 1.29 is 0 Å². The molecule has 32 heavy (non-hydrogen) atoms. The smallest absolute Gasteiger partial charge is 0.140 e. The van der Waals surface area contributed by atoms with Gasteiger partial charge in [0.1, 0.15) is 11.6 Å². The molecule has 0 aliphatic rings. The first-order valence-corrected chi connectivity index (χ1v) is 11.3. The van der Waals surface area contributed by atoms with Crippen LogP contribution >= 0.6 is 0 Å². The van der Waals surface area contributed by atoms with Gasteiger partial charge < -0.3 is 10.3 Å². The average molecular weight is 426 g/mol. The molecule has 2 aromatic carbocycles. The van der Waals surface area contributed by atoms with Crippen molar-refractivity contribution in [3.8, 4) is 11.4 Å². The Bertz CT molecular complexity index is 1090. The highest BCUT2D eigenvalue weighted by Gasteiger charge is 2.16. The number of pyridine rings is 1. The summed E-state index contributed by atoms with van der Waals surface area (Å²) in [5.41, 5.74) is 10.6. The van der Waals surface area contributed by atoms with Crippen LogP contribution in [0.4, 0.5) is 5.82 Å². The fourth-order valence-electron chi connectivity index (χ4n) is 3.95. The molecule has 0 unspecified atom stereocenters. The van der Waals surface area contributed by atoms with Gasteiger partial charge >= 0.3 is 0 Å². The Hall–Kier alpha value is -3.44. The van der Waals surface area contributed by atoms with Gasteiger partial charge in [0.2, 0.25) is 0 Å². The van der Waals surface area contributed by atoms with E-state index in [4.69, 9.17) is 10.7 Å². The summed E-state index contributed by atoms with van der Waals surface area (Å²) in [4.78, 5) is 11.5. The Balaban J connectivity index is 1.62. The zero-order valence-electron chi connectivity index (χ0n) is 18.7. The Morgan fingerprint density at radius 2 is 1.50 bits per heavy atom. The predicted molar refractivity (Wildman–Crippen MR) is 131 cm³/mol. The van der Waals surface area contributed by atoms with Gasteiger partial charge in [0.05, 0.1) is 11.9 Å². The number of nitrogens with two attached hydrogens (primary N) is 1. The van der Waals surface area contributed by atoms with E-state index in [-0.39, 0.29) is 0 Å². The van der Waals surface area contributed by atoms with Crippen LogP contribution in [0.2, 0.25) is 0 Å². The molecule has 2 aromatic heterocycles. The zero-order chi connectivity index (χ0) is 22.2. The summed E-state index contributed by atoms with van der Waals surface area (Å²) < 4.78 is 2.39. The molecule has 0 radical (unpaired) electrons. The SMILES string of the molecule is CCCCn1c(CN(Cc2ccccc2)Cc2ccc(N)nc2)cnc1-c1ccccc1. The lowest BCUT2D eigenvalue weighted by Gasteiger charge is -2.23. The molecule has 2 heterocycles. The van der Waals surface area contributed by atoms with Crippen LogP contribution in [0.1, 0.15) is 36.6 Å². The second-order valence-electron chi connectivity index (χ2n) is 8.17. The van der Waals surface area contributed by atoms with Crippen LogP contribution in [0.3, 0.4) is 0 Å². The van der Waals surface area contributed by atoms with Crippen LogP contribution < -0.4 is 5.73 Å². The summed E-state index contributed by atoms with van der Waals surface area (Å²) in [6, 6.07) is 25.0. The van der Waals surface area contributed by atoms with Crippen molar-refractivity contribution >= 4 is 5.82 Å². The third-order valence-electron chi connectivity index (χ3n) is 5.59. The molecule has 164 valence electrons. The summed E-state index contributed by atoms with van der Waals surface area (Å²) in [6.07, 6.45) is 6.19. The third-order valence-corrected chi connectivity index (χ3v) is 5.59. The van der Waals surface area contributed by atoms with E-state index in [1.54, 1.807) is 0 Å². The van der Waals surface area contributed by atoms with Crippen LogP contribution in [0.25, 0.3) is 11.4 Å². The summed E-state index contributed by atoms with van der Waals surface area (Å²) in [5, 5.41) is 0. The lowest BCUT2D eigenvalue weighted by molar-refractivity contribution is 0.240. The Morgan fingerprint density at radius 1 is 0.781 bits per heavy atom. The molecule has 0 amide bonds. The maximum Gasteiger partial charge on any atom is 0.140 e. The van der Waals surface area contributed by atoms with E-state index in [1.807, 2.05) is 24.5 Å². The first kappa shape index (κ1) is 21.8. The minimum absolute atomic E-state index is 0.550. The number of anilines is 1. The van der Waals surface area contributed by atoms with Crippen LogP contribution in [-0.4, -0.2) is 19.4 Å². The van der Waals surface area contributed by atoms with Crippen molar-refractivity contribution in [2.24, 2.45) is 0 Å². The first-order valence-electron chi connectivity index (χ1n) is 11.3. The Labute approximate surface area is 190 Å². The highest BCUT2D eigenvalue weighted by atomic mass is 15.2. The molecule has 0 fully saturated rings. The normalized spacial score (nSPS) is 11.2. The summed E-state index contributed by atoms with van der Waals surface area (Å²) in [5.74, 6) is 1.59. The highest BCUT2D eigenvalue weighted by Crippen LogP contribution is 2.23. The Morgan fingerprint density at radius 3 is 2.19 bits per heavy atom. The summed E-state index contributed by atoms with van der Waals surface area (Å²) in [6.45, 7) is 5.66. The number of unbranched alkanes of at least 4 members (excludes halogenated alkanes) is 1. The molecule has 5 heteroatoms. The number of hydrogen-bond acceptors (Lipinski definition) is 4. The fraction of sp³-hybridized carbons (Fsp3) is 0.259. The van der Waals surface area contributed by atoms with Crippen LogP contribution in [0.15, 0.2) is 85.2 Å². The van der Waals surface area contributed by atoms with Gasteiger partial charge in [-0.1, -0.05) is 80.1 Å². The van der Waals surface area contributed by atoms with Crippen LogP contribution in [0, 0.1) is 0 Å². The lowest BCUT2D eigenvalue weighted by atomic mass is 10.2. The molecular formula is C27H31N5. The van der Waals surface area contributed by atoms with Crippen molar-refractivity contribution in [1.82, 2.24) is 19.4 Å². The topological polar surface area (TPSA) is 60.0 Å². The van der Waals surface area contributed by atoms with Gasteiger partial charge in [-0.05, 0) is 23.6 Å². The molecule has 0 saturated carbocycles. The molecule has 2 N–H and O–H groups in total. The maximum atomic E-state index is 5.79. The number of rotatable bonds is 10. The van der Waals surface area contributed by atoms with Crippen molar-refractivity contribution in [3.63, 3.8) is 0 Å². The molecule has 0 aliphatic heterocycles. The van der Waals surface area contributed by atoms with E-state index in [0.29, 0.717) is 5.82 Å². The number of hydrogen-bond donors (Lipinski definition) is 1. The minimum atomic E-state index is 0.550. The van der Waals surface area contributed by atoms with Crippen molar-refractivity contribution in [2.75, 3.05) is 5.73 Å². The maximum absolute atomic E-state index is 5.79. The Kier molecular flexibility index (Phi) is 7.31. The molecule has 0 saturated heterocycles. The second kappa shape index (κ2) is 10.7. The van der Waals surface area contributed by atoms with Crippen molar-refractivity contribution in [2.45, 2.75) is 45.9 Å². The number of nitrogens with zero attached hydrogens (tertiary/aromatic N) is 4. The molecule has 0 spiro atoms. The van der Waals surface area contributed by atoms with Crippen LogP contribution in [0.5, 0.6) is 0 Å². The number of benzene rings is 2. The largest absolute Gasteiger partial charge is 0.384 e. The summed E-state index contributed by atoms with van der Waals surface area (Å²) >= 11 is 0. The van der Waals surface area contributed by atoms with Gasteiger partial charge in [0.15, 0.2) is 0 Å². The third kappa shape index (κ3) is 5.62. The van der Waals surface area contributed by atoms with Gasteiger partial charge in [-0.2, -0.15) is 0 Å². The zero-order valence-corrected chi connectivity index (χ0v) is 18.7. The van der Waals surface area contributed by atoms with Crippen molar-refractivity contribution in [1.29, 1.82) is 0 Å². The average Bonchev–Trinajstić information content (AvgIpc) is 3.22. The quantitative estimate of drug-likeness (QED) is 0.363. The lowest BCUT2D eigenvalue weighted by Crippen LogP contribution is -2.24. The molecule has 4 aromatic rings. The van der Waals surface area contributed by atoms with Gasteiger partial charge in [0.25, 0.3) is 0 Å². The second-order valence-corrected chi connectivity index (χ2v) is 8.17. The minimum Gasteiger partial charge on any atom is -0.384 e. The number of aromatic nitrogens is 3. The van der Waals surface area contributed by atoms with Gasteiger partial charge in [-0.15, -0.1) is 0 Å². The van der Waals surface area contributed by atoms with Gasteiger partial charge in [-0.25, -0.2) is 9.97 Å². The van der Waals surface area contributed by atoms with E-state index < -0.39 is 0 Å². The molecule has 5 nitrogen and oxygen atoms in total. The molecule has 0 atom stereocenters. The standard InChI is InChI=1S/C27H31N5/c1-2-3-16-32-25(18-30-27(32)24-12-8-5-9-13-24)21-31(19-22-10-6-4-7-11-22)20-23-14-15-26(28)29-17-23/h4-15,17-18H,2-3,16,19-21H2,1H3,(H2,28,29).